The highest BCUT2D eigenvalue weighted by atomic mass is 32.2. The summed E-state index contributed by atoms with van der Waals surface area (Å²) in [6.45, 7) is 12.7. The number of aryl methyl sites for hydroxylation is 2. The lowest BCUT2D eigenvalue weighted by molar-refractivity contribution is -0.123. The molecule has 0 radical (unpaired) electrons. The lowest BCUT2D eigenvalue weighted by atomic mass is 9.79. The number of thioether (sulfide) groups is 1. The second-order valence-corrected chi connectivity index (χ2v) is 9.94. The van der Waals surface area contributed by atoms with Crippen LogP contribution in [0.4, 0.5) is 5.95 Å². The minimum Gasteiger partial charge on any atom is -0.351 e. The van der Waals surface area contributed by atoms with Gasteiger partial charge >= 0.3 is 0 Å². The Morgan fingerprint density at radius 2 is 1.78 bits per heavy atom. The lowest BCUT2D eigenvalue weighted by Gasteiger charge is -2.46. The third-order valence-electron chi connectivity index (χ3n) is 4.75. The van der Waals surface area contributed by atoms with Gasteiger partial charge in [0.1, 0.15) is 6.04 Å². The van der Waals surface area contributed by atoms with Crippen molar-refractivity contribution in [1.29, 1.82) is 0 Å². The molecule has 3 N–H and O–H groups in total. The number of amides is 1. The minimum atomic E-state index is -0.334. The van der Waals surface area contributed by atoms with Crippen LogP contribution in [0, 0.1) is 13.8 Å². The van der Waals surface area contributed by atoms with E-state index in [1.165, 1.54) is 0 Å². The molecule has 2 heterocycles. The summed E-state index contributed by atoms with van der Waals surface area (Å²) in [5.74, 6) is 1.46. The Kier molecular flexibility index (Phi) is 7.14. The number of rotatable bonds is 7. The summed E-state index contributed by atoms with van der Waals surface area (Å²) in [5.41, 5.74) is 1.80. The SMILES string of the molecule is CSCC[C@@H](Nc1nc(C)cc(C)n1)C(=O)NC1CC(C)(C)NC(C)(C)C1. The van der Waals surface area contributed by atoms with Gasteiger partial charge in [0.2, 0.25) is 11.9 Å². The van der Waals surface area contributed by atoms with Crippen molar-refractivity contribution in [2.45, 2.75) is 84.0 Å². The van der Waals surface area contributed by atoms with Gasteiger partial charge in [-0.3, -0.25) is 4.79 Å². The fourth-order valence-corrected chi connectivity index (χ4v) is 4.65. The Bertz CT molecular complexity index is 626. The van der Waals surface area contributed by atoms with E-state index in [-0.39, 0.29) is 29.1 Å². The molecule has 0 bridgehead atoms. The molecule has 1 atom stereocenters. The number of piperidine rings is 1. The molecule has 0 spiro atoms. The molecule has 1 amide bonds. The number of nitrogens with one attached hydrogen (secondary N) is 3. The van der Waals surface area contributed by atoms with E-state index in [0.29, 0.717) is 5.95 Å². The fourth-order valence-electron chi connectivity index (χ4n) is 4.18. The van der Waals surface area contributed by atoms with Crippen molar-refractivity contribution >= 4 is 23.6 Å². The first-order chi connectivity index (χ1) is 12.5. The van der Waals surface area contributed by atoms with Crippen molar-refractivity contribution in [2.75, 3.05) is 17.3 Å². The van der Waals surface area contributed by atoms with Crippen molar-refractivity contribution in [3.8, 4) is 0 Å². The average molecular weight is 394 g/mol. The van der Waals surface area contributed by atoms with Crippen molar-refractivity contribution in [2.24, 2.45) is 0 Å². The van der Waals surface area contributed by atoms with Crippen molar-refractivity contribution in [3.05, 3.63) is 17.5 Å². The molecule has 27 heavy (non-hydrogen) atoms. The van der Waals surface area contributed by atoms with Gasteiger partial charge in [0.25, 0.3) is 0 Å². The predicted octanol–water partition coefficient (Wildman–Crippen LogP) is 3.05. The summed E-state index contributed by atoms with van der Waals surface area (Å²) in [5, 5.41) is 10.2. The number of carbonyl (C=O) groups excluding carboxylic acids is 1. The van der Waals surface area contributed by atoms with Gasteiger partial charge < -0.3 is 16.0 Å². The number of hydrogen-bond acceptors (Lipinski definition) is 6. The number of anilines is 1. The monoisotopic (exact) mass is 393 g/mol. The van der Waals surface area contributed by atoms with Crippen molar-refractivity contribution in [3.63, 3.8) is 0 Å². The zero-order chi connectivity index (χ0) is 20.2. The first-order valence-electron chi connectivity index (χ1n) is 9.67. The fraction of sp³-hybridized carbons (Fsp3) is 0.750. The summed E-state index contributed by atoms with van der Waals surface area (Å²) in [6, 6.07) is 1.75. The van der Waals surface area contributed by atoms with Crippen LogP contribution in [0.25, 0.3) is 0 Å². The molecule has 1 fully saturated rings. The van der Waals surface area contributed by atoms with Crippen molar-refractivity contribution < 1.29 is 4.79 Å². The molecule has 1 aliphatic rings. The normalized spacial score (nSPS) is 20.1. The van der Waals surface area contributed by atoms with E-state index in [9.17, 15) is 4.79 Å². The Morgan fingerprint density at radius 3 is 2.30 bits per heavy atom. The zero-order valence-electron chi connectivity index (χ0n) is 17.8. The van der Waals surface area contributed by atoms with Gasteiger partial charge in [0.15, 0.2) is 0 Å². The topological polar surface area (TPSA) is 78.9 Å². The van der Waals surface area contributed by atoms with E-state index in [4.69, 9.17) is 0 Å². The second-order valence-electron chi connectivity index (χ2n) is 8.96. The van der Waals surface area contributed by atoms with E-state index in [1.807, 2.05) is 19.9 Å². The van der Waals surface area contributed by atoms with Gasteiger partial charge in [-0.1, -0.05) is 0 Å². The molecule has 1 aromatic heterocycles. The Hall–Kier alpha value is -1.34. The molecule has 0 aromatic carbocycles. The molecule has 6 nitrogen and oxygen atoms in total. The highest BCUT2D eigenvalue weighted by Gasteiger charge is 2.38. The molecular formula is C20H35N5OS. The molecule has 7 heteroatoms. The maximum absolute atomic E-state index is 13.1. The Balaban J connectivity index is 2.09. The van der Waals surface area contributed by atoms with Gasteiger partial charge in [-0.05, 0) is 78.9 Å². The predicted molar refractivity (Wildman–Crippen MR) is 114 cm³/mol. The van der Waals surface area contributed by atoms with Crippen molar-refractivity contribution in [1.82, 2.24) is 20.6 Å². The summed E-state index contributed by atoms with van der Waals surface area (Å²) < 4.78 is 0. The molecule has 1 saturated heterocycles. The third kappa shape index (κ3) is 6.96. The summed E-state index contributed by atoms with van der Waals surface area (Å²) in [4.78, 5) is 21.9. The largest absolute Gasteiger partial charge is 0.351 e. The van der Waals surface area contributed by atoms with E-state index < -0.39 is 0 Å². The molecular weight excluding hydrogens is 358 g/mol. The van der Waals surface area contributed by atoms with E-state index >= 15 is 0 Å². The van der Waals surface area contributed by atoms with E-state index in [1.54, 1.807) is 11.8 Å². The molecule has 0 saturated carbocycles. The highest BCUT2D eigenvalue weighted by molar-refractivity contribution is 7.98. The standard InChI is InChI=1S/C20H35N5OS/c1-13-10-14(2)22-18(21-13)24-16(8-9-27-7)17(26)23-15-11-19(3,4)25-20(5,6)12-15/h10,15-16,25H,8-9,11-12H2,1-7H3,(H,23,26)(H,21,22,24)/t16-/m1/s1. The maximum atomic E-state index is 13.1. The third-order valence-corrected chi connectivity index (χ3v) is 5.39. The zero-order valence-corrected chi connectivity index (χ0v) is 18.6. The number of hydrogen-bond donors (Lipinski definition) is 3. The first kappa shape index (κ1) is 22.0. The van der Waals surface area contributed by atoms with Crippen LogP contribution in [0.3, 0.4) is 0 Å². The van der Waals surface area contributed by atoms with Crippen LogP contribution in [0.1, 0.15) is 58.3 Å². The van der Waals surface area contributed by atoms with Crippen LogP contribution in [0.2, 0.25) is 0 Å². The number of nitrogens with zero attached hydrogens (tertiary/aromatic N) is 2. The second kappa shape index (κ2) is 8.78. The van der Waals surface area contributed by atoms with Crippen LogP contribution in [-0.2, 0) is 4.79 Å². The number of aromatic nitrogens is 2. The average Bonchev–Trinajstić information content (AvgIpc) is 2.47. The molecule has 1 aromatic rings. The number of carbonyl (C=O) groups is 1. The van der Waals surface area contributed by atoms with Crippen LogP contribution < -0.4 is 16.0 Å². The molecule has 0 unspecified atom stereocenters. The van der Waals surface area contributed by atoms with Gasteiger partial charge in [0.05, 0.1) is 0 Å². The van der Waals surface area contributed by atoms with E-state index in [2.05, 4.69) is 59.9 Å². The smallest absolute Gasteiger partial charge is 0.242 e. The molecule has 2 rings (SSSR count). The molecule has 1 aliphatic heterocycles. The Morgan fingerprint density at radius 1 is 1.22 bits per heavy atom. The van der Waals surface area contributed by atoms with Crippen LogP contribution in [0.5, 0.6) is 0 Å². The Labute approximate surface area is 168 Å². The first-order valence-corrected chi connectivity index (χ1v) is 11.1. The summed E-state index contributed by atoms with van der Waals surface area (Å²) in [7, 11) is 0. The van der Waals surface area contributed by atoms with Gasteiger partial charge in [-0.2, -0.15) is 11.8 Å². The highest BCUT2D eigenvalue weighted by Crippen LogP contribution is 2.28. The maximum Gasteiger partial charge on any atom is 0.242 e. The van der Waals surface area contributed by atoms with Gasteiger partial charge in [0, 0.05) is 28.5 Å². The molecule has 0 aliphatic carbocycles. The van der Waals surface area contributed by atoms with Crippen LogP contribution >= 0.6 is 11.8 Å². The van der Waals surface area contributed by atoms with E-state index in [0.717, 1.165) is 36.4 Å². The van der Waals surface area contributed by atoms with Gasteiger partial charge in [-0.15, -0.1) is 0 Å². The summed E-state index contributed by atoms with van der Waals surface area (Å²) >= 11 is 1.74. The van der Waals surface area contributed by atoms with Crippen LogP contribution in [0.15, 0.2) is 6.07 Å². The minimum absolute atomic E-state index is 0.00133. The lowest BCUT2D eigenvalue weighted by Crippen LogP contribution is -2.63. The summed E-state index contributed by atoms with van der Waals surface area (Å²) in [6.07, 6.45) is 4.62. The van der Waals surface area contributed by atoms with Gasteiger partial charge in [-0.25, -0.2) is 9.97 Å². The molecule has 152 valence electrons. The van der Waals surface area contributed by atoms with Crippen LogP contribution in [-0.4, -0.2) is 51.0 Å². The quantitative estimate of drug-likeness (QED) is 0.661.